The molecule has 0 aliphatic carbocycles. The Morgan fingerprint density at radius 3 is 2.76 bits per heavy atom. The molecule has 1 N–H and O–H groups in total. The van der Waals surface area contributed by atoms with Crippen LogP contribution in [0.25, 0.3) is 0 Å². The summed E-state index contributed by atoms with van der Waals surface area (Å²) in [6, 6.07) is 3.74. The van der Waals surface area contributed by atoms with Crippen LogP contribution in [0.3, 0.4) is 0 Å². The van der Waals surface area contributed by atoms with Crippen LogP contribution in [0.15, 0.2) is 24.5 Å². The molecule has 1 saturated heterocycles. The number of sulfonamides is 1. The van der Waals surface area contributed by atoms with Crippen LogP contribution < -0.4 is 0 Å². The van der Waals surface area contributed by atoms with Crippen molar-refractivity contribution < 1.29 is 18.3 Å². The van der Waals surface area contributed by atoms with Crippen LogP contribution in [0, 0.1) is 5.92 Å². The van der Waals surface area contributed by atoms with Gasteiger partial charge in [-0.2, -0.15) is 4.31 Å². The fourth-order valence-electron chi connectivity index (χ4n) is 2.40. The monoisotopic (exact) mass is 313 g/mol. The van der Waals surface area contributed by atoms with E-state index < -0.39 is 21.9 Å². The summed E-state index contributed by atoms with van der Waals surface area (Å²) in [5, 5.41) is 9.27. The molecule has 0 bridgehead atoms. The van der Waals surface area contributed by atoms with E-state index in [1.54, 1.807) is 12.4 Å². The fourth-order valence-corrected chi connectivity index (χ4v) is 3.27. The van der Waals surface area contributed by atoms with Crippen LogP contribution in [0.1, 0.15) is 5.56 Å². The molecule has 0 aromatic carbocycles. The minimum atomic E-state index is -3.38. The lowest BCUT2D eigenvalue weighted by atomic mass is 10.1. The highest BCUT2D eigenvalue weighted by Gasteiger charge is 2.31. The third kappa shape index (κ3) is 4.48. The number of pyridine rings is 1. The van der Waals surface area contributed by atoms with Gasteiger partial charge in [-0.1, -0.05) is 6.07 Å². The minimum absolute atomic E-state index is 0.0255. The molecule has 0 radical (unpaired) electrons. The van der Waals surface area contributed by atoms with Gasteiger partial charge in [0.15, 0.2) is 0 Å². The summed E-state index contributed by atoms with van der Waals surface area (Å²) in [6.07, 6.45) is 4.52. The molecule has 0 amide bonds. The molecule has 0 unspecified atom stereocenters. The Labute approximate surface area is 124 Å². The first-order valence-corrected chi connectivity index (χ1v) is 8.50. The van der Waals surface area contributed by atoms with E-state index in [2.05, 4.69) is 4.98 Å². The van der Waals surface area contributed by atoms with Crippen molar-refractivity contribution in [1.29, 1.82) is 0 Å². The number of nitrogens with zero attached hydrogens (tertiary/aromatic N) is 3. The number of carboxylic acid groups (broad SMARTS) is 1. The van der Waals surface area contributed by atoms with E-state index in [1.807, 2.05) is 17.0 Å². The first kappa shape index (κ1) is 15.9. The number of aromatic nitrogens is 1. The maximum absolute atomic E-state index is 11.7. The van der Waals surface area contributed by atoms with E-state index in [1.165, 1.54) is 4.31 Å². The molecule has 21 heavy (non-hydrogen) atoms. The molecule has 116 valence electrons. The topological polar surface area (TPSA) is 90.8 Å². The van der Waals surface area contributed by atoms with Crippen molar-refractivity contribution in [3.63, 3.8) is 0 Å². The second kappa shape index (κ2) is 6.50. The van der Waals surface area contributed by atoms with Gasteiger partial charge in [0.2, 0.25) is 10.0 Å². The Kier molecular flexibility index (Phi) is 4.92. The first-order valence-electron chi connectivity index (χ1n) is 6.65. The van der Waals surface area contributed by atoms with E-state index in [-0.39, 0.29) is 6.54 Å². The summed E-state index contributed by atoms with van der Waals surface area (Å²) >= 11 is 0. The number of aliphatic carboxylic acids is 1. The van der Waals surface area contributed by atoms with Gasteiger partial charge in [-0.05, 0) is 11.6 Å². The van der Waals surface area contributed by atoms with Crippen molar-refractivity contribution in [3.05, 3.63) is 30.1 Å². The molecule has 1 aliphatic heterocycles. The van der Waals surface area contributed by atoms with Crippen molar-refractivity contribution in [2.24, 2.45) is 5.92 Å². The second-order valence-electron chi connectivity index (χ2n) is 5.25. The van der Waals surface area contributed by atoms with E-state index in [9.17, 15) is 18.3 Å². The quantitative estimate of drug-likeness (QED) is 0.832. The van der Waals surface area contributed by atoms with Gasteiger partial charge >= 0.3 is 5.97 Å². The van der Waals surface area contributed by atoms with Crippen molar-refractivity contribution >= 4 is 16.0 Å². The highest BCUT2D eigenvalue weighted by molar-refractivity contribution is 7.88. The Balaban J connectivity index is 2.12. The van der Waals surface area contributed by atoms with E-state index in [4.69, 9.17) is 0 Å². The maximum atomic E-state index is 11.7. The van der Waals surface area contributed by atoms with Gasteiger partial charge in [-0.3, -0.25) is 14.7 Å². The number of carboxylic acids is 1. The molecule has 2 heterocycles. The second-order valence-corrected chi connectivity index (χ2v) is 7.23. The molecule has 0 saturated carbocycles. The van der Waals surface area contributed by atoms with Crippen LogP contribution >= 0.6 is 0 Å². The van der Waals surface area contributed by atoms with Gasteiger partial charge in [0.05, 0.1) is 12.2 Å². The molecule has 0 spiro atoms. The van der Waals surface area contributed by atoms with Gasteiger partial charge in [-0.25, -0.2) is 8.42 Å². The summed E-state index contributed by atoms with van der Waals surface area (Å²) in [7, 11) is -3.38. The smallest absolute Gasteiger partial charge is 0.309 e. The SMILES string of the molecule is CS(=O)(=O)N1CCN(Cc2cccnc2)C[C@H](C(=O)O)C1. The van der Waals surface area contributed by atoms with Crippen LogP contribution in [-0.2, 0) is 21.4 Å². The predicted octanol–water partition coefficient (Wildman–Crippen LogP) is -0.140. The lowest BCUT2D eigenvalue weighted by molar-refractivity contribution is -0.142. The molecule has 1 fully saturated rings. The van der Waals surface area contributed by atoms with Crippen molar-refractivity contribution in [2.75, 3.05) is 32.4 Å². The molecular formula is C13H19N3O4S. The van der Waals surface area contributed by atoms with Gasteiger partial charge in [-0.15, -0.1) is 0 Å². The molecule has 1 aliphatic rings. The van der Waals surface area contributed by atoms with Crippen LogP contribution in [-0.4, -0.2) is 66.1 Å². The Morgan fingerprint density at radius 2 is 2.19 bits per heavy atom. The number of hydrogen-bond donors (Lipinski definition) is 1. The average Bonchev–Trinajstić information content (AvgIpc) is 2.62. The highest BCUT2D eigenvalue weighted by atomic mass is 32.2. The Bertz CT molecular complexity index is 591. The summed E-state index contributed by atoms with van der Waals surface area (Å²) in [5.41, 5.74) is 0.981. The zero-order valence-corrected chi connectivity index (χ0v) is 12.7. The van der Waals surface area contributed by atoms with Crippen molar-refractivity contribution in [1.82, 2.24) is 14.2 Å². The van der Waals surface area contributed by atoms with Gasteiger partial charge in [0.1, 0.15) is 0 Å². The lowest BCUT2D eigenvalue weighted by Crippen LogP contribution is -2.37. The van der Waals surface area contributed by atoms with Gasteiger partial charge in [0.25, 0.3) is 0 Å². The van der Waals surface area contributed by atoms with E-state index >= 15 is 0 Å². The number of hydrogen-bond acceptors (Lipinski definition) is 5. The summed E-state index contributed by atoms with van der Waals surface area (Å²) < 4.78 is 24.6. The fraction of sp³-hybridized carbons (Fsp3) is 0.538. The molecule has 1 atom stereocenters. The van der Waals surface area contributed by atoms with Crippen molar-refractivity contribution in [2.45, 2.75) is 6.54 Å². The number of carbonyl (C=O) groups is 1. The molecule has 7 nitrogen and oxygen atoms in total. The molecule has 1 aromatic rings. The molecule has 2 rings (SSSR count). The maximum Gasteiger partial charge on any atom is 0.309 e. The third-order valence-electron chi connectivity index (χ3n) is 3.52. The van der Waals surface area contributed by atoms with E-state index in [0.29, 0.717) is 26.2 Å². The lowest BCUT2D eigenvalue weighted by Gasteiger charge is -2.21. The summed E-state index contributed by atoms with van der Waals surface area (Å²) in [5.74, 6) is -1.69. The predicted molar refractivity (Wildman–Crippen MR) is 77.1 cm³/mol. The summed E-state index contributed by atoms with van der Waals surface area (Å²) in [4.78, 5) is 17.3. The van der Waals surface area contributed by atoms with Crippen LogP contribution in [0.4, 0.5) is 0 Å². The summed E-state index contributed by atoms with van der Waals surface area (Å²) in [6.45, 7) is 1.73. The standard InChI is InChI=1S/C13H19N3O4S/c1-21(19,20)16-6-5-15(9-12(10-16)13(17)18)8-11-3-2-4-14-7-11/h2-4,7,12H,5-6,8-10H2,1H3,(H,17,18)/t12-/m0/s1. The van der Waals surface area contributed by atoms with Crippen LogP contribution in [0.2, 0.25) is 0 Å². The highest BCUT2D eigenvalue weighted by Crippen LogP contribution is 2.15. The Hall–Kier alpha value is -1.51. The molecule has 8 heteroatoms. The Morgan fingerprint density at radius 1 is 1.43 bits per heavy atom. The molecule has 1 aromatic heterocycles. The molecular weight excluding hydrogens is 294 g/mol. The average molecular weight is 313 g/mol. The first-order chi connectivity index (χ1) is 9.86. The van der Waals surface area contributed by atoms with Crippen molar-refractivity contribution in [3.8, 4) is 0 Å². The van der Waals surface area contributed by atoms with Gasteiger partial charge in [0, 0.05) is 45.1 Å². The minimum Gasteiger partial charge on any atom is -0.481 e. The van der Waals surface area contributed by atoms with E-state index in [0.717, 1.165) is 11.8 Å². The largest absolute Gasteiger partial charge is 0.481 e. The number of rotatable bonds is 4. The normalized spacial score (nSPS) is 21.9. The zero-order valence-electron chi connectivity index (χ0n) is 11.8. The third-order valence-corrected chi connectivity index (χ3v) is 4.79. The van der Waals surface area contributed by atoms with Gasteiger partial charge < -0.3 is 5.11 Å². The zero-order chi connectivity index (χ0) is 15.5. The van der Waals surface area contributed by atoms with Crippen LogP contribution in [0.5, 0.6) is 0 Å².